The second kappa shape index (κ2) is 6.06. The van der Waals surface area contributed by atoms with Crippen LogP contribution in [0.15, 0.2) is 24.3 Å². The first-order valence-electron chi connectivity index (χ1n) is 7.19. The molecular weight excluding hydrogens is 286 g/mol. The molecule has 1 aromatic rings. The fourth-order valence-electron chi connectivity index (χ4n) is 2.13. The molecule has 0 radical (unpaired) electrons. The number of benzene rings is 1. The van der Waals surface area contributed by atoms with Gasteiger partial charge in [0, 0.05) is 24.7 Å². The number of hydrogen-bond acceptors (Lipinski definition) is 5. The first kappa shape index (κ1) is 16.5. The Morgan fingerprint density at radius 1 is 1.36 bits per heavy atom. The van der Waals surface area contributed by atoms with Crippen LogP contribution in [-0.2, 0) is 4.79 Å². The number of carbonyl (C=O) groups is 2. The number of Topliss-reactive ketones (excluding diaryl/α,β-unsaturated/α-hetero) is 1. The number of carboxylic acids is 1. The van der Waals surface area contributed by atoms with E-state index in [2.05, 4.69) is 0 Å². The van der Waals surface area contributed by atoms with Crippen LogP contribution in [0.2, 0.25) is 0 Å². The maximum atomic E-state index is 11.9. The number of carbonyl (C=O) groups excluding carboxylic acids is 1. The van der Waals surface area contributed by atoms with Crippen molar-refractivity contribution in [2.24, 2.45) is 0 Å². The molecule has 6 nitrogen and oxygen atoms in total. The Balaban J connectivity index is 2.03. The Morgan fingerprint density at radius 3 is 2.32 bits per heavy atom. The van der Waals surface area contributed by atoms with E-state index in [9.17, 15) is 19.8 Å². The van der Waals surface area contributed by atoms with Crippen molar-refractivity contribution in [3.05, 3.63) is 29.8 Å². The van der Waals surface area contributed by atoms with E-state index in [4.69, 9.17) is 4.74 Å². The molecule has 0 bridgehead atoms. The predicted octanol–water partition coefficient (Wildman–Crippen LogP) is 1.18. The molecule has 1 aromatic carbocycles. The van der Waals surface area contributed by atoms with Gasteiger partial charge >= 0.3 is 5.97 Å². The number of aliphatic hydroxyl groups is 1. The van der Waals surface area contributed by atoms with Gasteiger partial charge in [0.1, 0.15) is 11.4 Å². The third kappa shape index (κ3) is 4.05. The van der Waals surface area contributed by atoms with E-state index < -0.39 is 23.5 Å². The van der Waals surface area contributed by atoms with Gasteiger partial charge in [0.2, 0.25) is 6.10 Å². The van der Waals surface area contributed by atoms with Crippen LogP contribution in [0.25, 0.3) is 0 Å². The molecule has 0 aromatic heterocycles. The van der Waals surface area contributed by atoms with E-state index >= 15 is 0 Å². The van der Waals surface area contributed by atoms with Gasteiger partial charge in [0.05, 0.1) is 0 Å². The molecule has 3 atom stereocenters. The minimum atomic E-state index is -1.44. The van der Waals surface area contributed by atoms with E-state index in [1.807, 2.05) is 11.8 Å². The van der Waals surface area contributed by atoms with Crippen LogP contribution in [0.3, 0.4) is 0 Å². The minimum Gasteiger partial charge on any atom is -0.478 e. The zero-order chi connectivity index (χ0) is 16.5. The molecular formula is C16H21NO5. The van der Waals surface area contributed by atoms with Gasteiger partial charge < -0.3 is 14.9 Å². The number of hydrogen-bond donors (Lipinski definition) is 2. The molecule has 1 fully saturated rings. The van der Waals surface area contributed by atoms with Crippen molar-refractivity contribution in [2.75, 3.05) is 13.1 Å². The molecule has 0 saturated carbocycles. The molecule has 0 spiro atoms. The summed E-state index contributed by atoms with van der Waals surface area (Å²) < 4.78 is 5.48. The lowest BCUT2D eigenvalue weighted by atomic mass is 9.97. The maximum Gasteiger partial charge on any atom is 0.346 e. The second-order valence-corrected chi connectivity index (χ2v) is 6.16. The van der Waals surface area contributed by atoms with Crippen LogP contribution in [0.4, 0.5) is 0 Å². The third-order valence-electron chi connectivity index (χ3n) is 3.61. The van der Waals surface area contributed by atoms with Crippen LogP contribution in [0, 0.1) is 0 Å². The smallest absolute Gasteiger partial charge is 0.346 e. The van der Waals surface area contributed by atoms with E-state index in [0.717, 1.165) is 6.54 Å². The summed E-state index contributed by atoms with van der Waals surface area (Å²) in [5, 5.41) is 18.9. The largest absolute Gasteiger partial charge is 0.478 e. The third-order valence-corrected chi connectivity index (χ3v) is 3.61. The van der Waals surface area contributed by atoms with Gasteiger partial charge in [-0.05, 0) is 45.0 Å². The summed E-state index contributed by atoms with van der Waals surface area (Å²) in [4.78, 5) is 25.2. The topological polar surface area (TPSA) is 86.8 Å². The number of nitrogens with zero attached hydrogens (tertiary/aromatic N) is 1. The molecule has 1 saturated heterocycles. The van der Waals surface area contributed by atoms with Crippen molar-refractivity contribution in [2.45, 2.75) is 38.5 Å². The maximum absolute atomic E-state index is 11.9. The number of ketones is 1. The van der Waals surface area contributed by atoms with Gasteiger partial charge in [0.25, 0.3) is 0 Å². The summed E-state index contributed by atoms with van der Waals surface area (Å²) in [6.45, 7) is 6.08. The highest BCUT2D eigenvalue weighted by molar-refractivity contribution is 6.01. The van der Waals surface area contributed by atoms with Gasteiger partial charge in [-0.3, -0.25) is 9.69 Å². The van der Waals surface area contributed by atoms with E-state index in [0.29, 0.717) is 23.9 Å². The number of ether oxygens (including phenoxy) is 1. The number of aliphatic carboxylic acids is 1. The Labute approximate surface area is 129 Å². The van der Waals surface area contributed by atoms with Crippen LogP contribution in [-0.4, -0.2) is 57.7 Å². The lowest BCUT2D eigenvalue weighted by molar-refractivity contribution is -0.145. The van der Waals surface area contributed by atoms with E-state index in [1.165, 1.54) is 26.0 Å². The Bertz CT molecular complexity index is 561. The average Bonchev–Trinajstić information content (AvgIpc) is 3.12. The van der Waals surface area contributed by atoms with Crippen molar-refractivity contribution in [3.8, 4) is 5.75 Å². The molecule has 2 N–H and O–H groups in total. The summed E-state index contributed by atoms with van der Waals surface area (Å²) in [5.41, 5.74) is -1.09. The lowest BCUT2D eigenvalue weighted by Crippen LogP contribution is -2.34. The monoisotopic (exact) mass is 307 g/mol. The summed E-state index contributed by atoms with van der Waals surface area (Å²) in [6, 6.07) is 6.53. The predicted molar refractivity (Wildman–Crippen MR) is 80.2 cm³/mol. The molecule has 6 heteroatoms. The first-order chi connectivity index (χ1) is 10.2. The van der Waals surface area contributed by atoms with Crippen molar-refractivity contribution < 1.29 is 24.5 Å². The molecule has 3 unspecified atom stereocenters. The fraction of sp³-hybridized carbons (Fsp3) is 0.500. The van der Waals surface area contributed by atoms with Gasteiger partial charge in [-0.2, -0.15) is 0 Å². The fourth-order valence-corrected chi connectivity index (χ4v) is 2.13. The average molecular weight is 307 g/mol. The highest BCUT2D eigenvalue weighted by Gasteiger charge is 2.34. The van der Waals surface area contributed by atoms with Crippen molar-refractivity contribution in [1.82, 2.24) is 4.90 Å². The zero-order valence-corrected chi connectivity index (χ0v) is 12.9. The molecule has 1 heterocycles. The molecule has 0 aliphatic carbocycles. The van der Waals surface area contributed by atoms with Crippen LogP contribution in [0.5, 0.6) is 5.75 Å². The SMILES string of the molecule is CC1CN1CC(Oc1ccc(C(=O)C(C)(C)O)cc1)C(=O)O. The molecule has 0 amide bonds. The Hall–Kier alpha value is -1.92. The summed E-state index contributed by atoms with van der Waals surface area (Å²) in [6.07, 6.45) is -0.944. The van der Waals surface area contributed by atoms with Crippen molar-refractivity contribution in [1.29, 1.82) is 0 Å². The Morgan fingerprint density at radius 2 is 1.91 bits per heavy atom. The summed E-state index contributed by atoms with van der Waals surface area (Å²) >= 11 is 0. The van der Waals surface area contributed by atoms with Crippen molar-refractivity contribution in [3.63, 3.8) is 0 Å². The zero-order valence-electron chi connectivity index (χ0n) is 12.9. The van der Waals surface area contributed by atoms with Gasteiger partial charge in [0.15, 0.2) is 5.78 Å². The number of carboxylic acid groups (broad SMARTS) is 1. The van der Waals surface area contributed by atoms with Gasteiger partial charge in [-0.1, -0.05) is 0 Å². The standard InChI is InChI=1S/C16H21NO5/c1-10-8-17(10)9-13(15(19)20)22-12-6-4-11(5-7-12)14(18)16(2,3)21/h4-7,10,13,21H,8-9H2,1-3H3,(H,19,20). The highest BCUT2D eigenvalue weighted by Crippen LogP contribution is 2.21. The minimum absolute atomic E-state index is 0.334. The molecule has 2 rings (SSSR count). The van der Waals surface area contributed by atoms with Gasteiger partial charge in [-0.15, -0.1) is 0 Å². The normalized spacial score (nSPS) is 22.0. The van der Waals surface area contributed by atoms with Crippen LogP contribution < -0.4 is 4.74 Å². The van der Waals surface area contributed by atoms with E-state index in [1.54, 1.807) is 12.1 Å². The summed E-state index contributed by atoms with van der Waals surface area (Å²) in [7, 11) is 0. The van der Waals surface area contributed by atoms with Gasteiger partial charge in [-0.25, -0.2) is 4.79 Å². The first-order valence-corrected chi connectivity index (χ1v) is 7.19. The molecule has 1 aliphatic heterocycles. The lowest BCUT2D eigenvalue weighted by Gasteiger charge is -2.17. The second-order valence-electron chi connectivity index (χ2n) is 6.16. The Kier molecular flexibility index (Phi) is 4.53. The molecule has 22 heavy (non-hydrogen) atoms. The highest BCUT2D eigenvalue weighted by atomic mass is 16.5. The summed E-state index contributed by atoms with van der Waals surface area (Å²) in [5.74, 6) is -1.03. The number of rotatable bonds is 7. The van der Waals surface area contributed by atoms with Crippen LogP contribution >= 0.6 is 0 Å². The van der Waals surface area contributed by atoms with Crippen molar-refractivity contribution >= 4 is 11.8 Å². The quantitative estimate of drug-likeness (QED) is 0.581. The molecule has 1 aliphatic rings. The van der Waals surface area contributed by atoms with E-state index in [-0.39, 0.29) is 0 Å². The molecule has 120 valence electrons. The van der Waals surface area contributed by atoms with Crippen LogP contribution in [0.1, 0.15) is 31.1 Å².